The molecule has 37 valence electrons. The van der Waals surface area contributed by atoms with E-state index < -0.39 is 0 Å². The van der Waals surface area contributed by atoms with E-state index in [1.807, 2.05) is 6.92 Å². The van der Waals surface area contributed by atoms with Gasteiger partial charge in [0, 0.05) is 13.7 Å². The summed E-state index contributed by atoms with van der Waals surface area (Å²) in [7, 11) is 1.64. The third kappa shape index (κ3) is 11.2. The fourth-order valence-electron chi connectivity index (χ4n) is 0.136. The first-order chi connectivity index (χ1) is 2.91. The summed E-state index contributed by atoms with van der Waals surface area (Å²) >= 11 is -0.182. The standard InChI is InChI=1S/C2H5O.CH3O.Al.Na.H/c1-2-3;1-2;;;/h2H2,1H3;1H3;;;/q2*-1;+2;+1;-1. The van der Waals surface area contributed by atoms with Gasteiger partial charge in [-0.15, -0.1) is 0 Å². The minimum Gasteiger partial charge on any atom is -1.00 e. The third-order valence-corrected chi connectivity index (χ3v) is 0.993. The van der Waals surface area contributed by atoms with Gasteiger partial charge >= 0.3 is 45.4 Å². The van der Waals surface area contributed by atoms with E-state index in [4.69, 9.17) is 3.79 Å². The van der Waals surface area contributed by atoms with Crippen molar-refractivity contribution in [3.63, 3.8) is 0 Å². The molecule has 0 atom stereocenters. The molecule has 1 radical (unpaired) electrons. The van der Waals surface area contributed by atoms with Gasteiger partial charge in [-0.25, -0.2) is 0 Å². The zero-order chi connectivity index (χ0) is 4.83. The van der Waals surface area contributed by atoms with Crippen LogP contribution in [0.1, 0.15) is 8.35 Å². The molecule has 0 fully saturated rings. The first-order valence-electron chi connectivity index (χ1n) is 1.88. The van der Waals surface area contributed by atoms with Gasteiger partial charge in [0.2, 0.25) is 0 Å². The Balaban J connectivity index is -0.000000125. The monoisotopic (exact) mass is 127 g/mol. The molecule has 4 heteroatoms. The maximum absolute atomic E-state index is 4.84. The van der Waals surface area contributed by atoms with E-state index in [9.17, 15) is 0 Å². The van der Waals surface area contributed by atoms with Crippen molar-refractivity contribution >= 4 is 15.9 Å². The van der Waals surface area contributed by atoms with Crippen LogP contribution in [0, 0.1) is 0 Å². The predicted molar refractivity (Wildman–Crippen MR) is 25.5 cm³/mol. The van der Waals surface area contributed by atoms with E-state index in [1.165, 1.54) is 0 Å². The number of hydrogen-bond acceptors (Lipinski definition) is 2. The second kappa shape index (κ2) is 10.4. The molecule has 0 spiro atoms. The largest absolute Gasteiger partial charge is 1.00 e. The Morgan fingerprint density at radius 1 is 1.71 bits per heavy atom. The molecule has 0 amide bonds. The Labute approximate surface area is 74.7 Å². The molecule has 0 bridgehead atoms. The maximum atomic E-state index is 4.84. The summed E-state index contributed by atoms with van der Waals surface area (Å²) in [5.74, 6) is 0. The molecule has 0 aromatic carbocycles. The topological polar surface area (TPSA) is 18.5 Å². The molecular weight excluding hydrogens is 118 g/mol. The van der Waals surface area contributed by atoms with Crippen molar-refractivity contribution in [2.24, 2.45) is 0 Å². The van der Waals surface area contributed by atoms with E-state index in [0.717, 1.165) is 6.61 Å². The summed E-state index contributed by atoms with van der Waals surface area (Å²) in [5.41, 5.74) is 0. The average Bonchev–Trinajstić information content (AvgIpc) is 1.61. The molecule has 0 rings (SSSR count). The minimum atomic E-state index is -0.182. The Morgan fingerprint density at radius 2 is 2.29 bits per heavy atom. The van der Waals surface area contributed by atoms with Crippen LogP contribution in [-0.2, 0) is 7.58 Å². The fraction of sp³-hybridized carbons (Fsp3) is 1.00. The average molecular weight is 127 g/mol. The van der Waals surface area contributed by atoms with Crippen LogP contribution < -0.4 is 29.6 Å². The van der Waals surface area contributed by atoms with Crippen LogP contribution in [0.15, 0.2) is 0 Å². The second-order valence-corrected chi connectivity index (χ2v) is 1.78. The van der Waals surface area contributed by atoms with Crippen LogP contribution in [0.2, 0.25) is 0 Å². The van der Waals surface area contributed by atoms with Gasteiger partial charge in [-0.3, -0.25) is 0 Å². The predicted octanol–water partition coefficient (Wildman–Crippen LogP) is -2.68. The molecular formula is C3H9AlNaO2. The van der Waals surface area contributed by atoms with Crippen LogP contribution in [0.3, 0.4) is 0 Å². The molecule has 0 aliphatic rings. The van der Waals surface area contributed by atoms with Gasteiger partial charge in [-0.05, 0) is 6.92 Å². The quantitative estimate of drug-likeness (QED) is 0.304. The van der Waals surface area contributed by atoms with Crippen molar-refractivity contribution in [3.8, 4) is 0 Å². The molecule has 7 heavy (non-hydrogen) atoms. The van der Waals surface area contributed by atoms with E-state index in [1.54, 1.807) is 7.11 Å². The van der Waals surface area contributed by atoms with Gasteiger partial charge in [0.1, 0.15) is 0 Å². The number of hydrogen-bond donors (Lipinski definition) is 0. The molecule has 0 unspecified atom stereocenters. The van der Waals surface area contributed by atoms with Gasteiger partial charge in [0.15, 0.2) is 0 Å². The molecule has 0 heterocycles. The van der Waals surface area contributed by atoms with Crippen LogP contribution in [0.25, 0.3) is 0 Å². The molecule has 0 saturated carbocycles. The van der Waals surface area contributed by atoms with Crippen molar-refractivity contribution in [2.75, 3.05) is 13.7 Å². The summed E-state index contributed by atoms with van der Waals surface area (Å²) in [6.45, 7) is 2.72. The van der Waals surface area contributed by atoms with Crippen LogP contribution >= 0.6 is 0 Å². The van der Waals surface area contributed by atoms with Crippen LogP contribution in [0.5, 0.6) is 0 Å². The SMILES string of the molecule is CC[O][Al][O]C.[H-].[Na+]. The normalized spacial score (nSPS) is 7.14. The van der Waals surface area contributed by atoms with Crippen molar-refractivity contribution in [1.29, 1.82) is 0 Å². The summed E-state index contributed by atoms with van der Waals surface area (Å²) in [4.78, 5) is 0. The summed E-state index contributed by atoms with van der Waals surface area (Å²) in [6, 6.07) is 0. The summed E-state index contributed by atoms with van der Waals surface area (Å²) < 4.78 is 9.49. The van der Waals surface area contributed by atoms with E-state index in [-0.39, 0.29) is 46.9 Å². The zero-order valence-electron chi connectivity index (χ0n) is 6.10. The van der Waals surface area contributed by atoms with Crippen molar-refractivity contribution < 1.29 is 38.6 Å². The van der Waals surface area contributed by atoms with E-state index in [0.29, 0.717) is 0 Å². The molecule has 0 aliphatic heterocycles. The van der Waals surface area contributed by atoms with Gasteiger partial charge in [-0.1, -0.05) is 0 Å². The molecule has 0 aromatic heterocycles. The second-order valence-electron chi connectivity index (χ2n) is 0.787. The Kier molecular flexibility index (Phi) is 16.8. The zero-order valence-corrected chi connectivity index (χ0v) is 8.26. The molecule has 0 N–H and O–H groups in total. The Hall–Kier alpha value is 1.45. The molecule has 2 nitrogen and oxygen atoms in total. The first-order valence-corrected chi connectivity index (χ1v) is 2.82. The third-order valence-electron chi connectivity index (χ3n) is 0.331. The first kappa shape index (κ1) is 11.3. The summed E-state index contributed by atoms with van der Waals surface area (Å²) in [5, 5.41) is 0. The smallest absolute Gasteiger partial charge is 1.00 e. The van der Waals surface area contributed by atoms with Crippen LogP contribution in [-0.4, -0.2) is 29.6 Å². The van der Waals surface area contributed by atoms with Gasteiger partial charge in [-0.2, -0.15) is 0 Å². The van der Waals surface area contributed by atoms with Crippen LogP contribution in [0.4, 0.5) is 0 Å². The number of rotatable bonds is 3. The van der Waals surface area contributed by atoms with Crippen molar-refractivity contribution in [2.45, 2.75) is 6.92 Å². The van der Waals surface area contributed by atoms with Crippen molar-refractivity contribution in [1.82, 2.24) is 0 Å². The van der Waals surface area contributed by atoms with Gasteiger partial charge < -0.3 is 9.00 Å². The Bertz CT molecular complexity index is 29.2. The Morgan fingerprint density at radius 3 is 2.43 bits per heavy atom. The summed E-state index contributed by atoms with van der Waals surface area (Å²) in [6.07, 6.45) is 0. The molecule has 0 aliphatic carbocycles. The fourth-order valence-corrected chi connectivity index (χ4v) is 0.408. The molecule has 0 aromatic rings. The van der Waals surface area contributed by atoms with E-state index >= 15 is 0 Å². The minimum absolute atomic E-state index is 0. The molecule has 0 saturated heterocycles. The van der Waals surface area contributed by atoms with E-state index in [2.05, 4.69) is 3.79 Å². The van der Waals surface area contributed by atoms with Gasteiger partial charge in [0.05, 0.1) is 0 Å². The maximum Gasteiger partial charge on any atom is 1.00 e. The van der Waals surface area contributed by atoms with Gasteiger partial charge in [0.25, 0.3) is 0 Å². The van der Waals surface area contributed by atoms with Crippen molar-refractivity contribution in [3.05, 3.63) is 0 Å².